The summed E-state index contributed by atoms with van der Waals surface area (Å²) in [7, 11) is 0. The molecule has 1 heterocycles. The SMILES string of the molecule is Cc1cc(C)cc(NC(=S)NCCC[NH+]2CCC(C)CC2)c1. The standard InChI is InChI=1S/C18H29N3S/c1-14-5-9-21(10-6-14)8-4-7-19-18(22)20-17-12-15(2)11-16(3)13-17/h11-14H,4-10H2,1-3H3,(H2,19,20,22)/p+1. The van der Waals surface area contributed by atoms with Crippen LogP contribution in [0.15, 0.2) is 18.2 Å². The zero-order valence-corrected chi connectivity index (χ0v) is 15.0. The van der Waals surface area contributed by atoms with Crippen LogP contribution >= 0.6 is 12.2 Å². The van der Waals surface area contributed by atoms with Crippen molar-refractivity contribution in [2.75, 3.05) is 31.5 Å². The third-order valence-corrected chi connectivity index (χ3v) is 4.70. The molecule has 0 saturated carbocycles. The molecule has 0 aliphatic carbocycles. The molecule has 0 unspecified atom stereocenters. The topological polar surface area (TPSA) is 28.5 Å². The first-order valence-corrected chi connectivity index (χ1v) is 8.90. The highest BCUT2D eigenvalue weighted by Crippen LogP contribution is 2.13. The lowest BCUT2D eigenvalue weighted by atomic mass is 9.99. The van der Waals surface area contributed by atoms with Gasteiger partial charge in [0.1, 0.15) is 0 Å². The summed E-state index contributed by atoms with van der Waals surface area (Å²) in [6.07, 6.45) is 3.95. The van der Waals surface area contributed by atoms with Crippen molar-refractivity contribution in [1.29, 1.82) is 0 Å². The number of nitrogens with one attached hydrogen (secondary N) is 3. The molecule has 1 saturated heterocycles. The minimum Gasteiger partial charge on any atom is -0.362 e. The van der Waals surface area contributed by atoms with E-state index in [0.29, 0.717) is 0 Å². The van der Waals surface area contributed by atoms with Crippen molar-refractivity contribution >= 4 is 23.0 Å². The van der Waals surface area contributed by atoms with Crippen molar-refractivity contribution < 1.29 is 4.90 Å². The lowest BCUT2D eigenvalue weighted by molar-refractivity contribution is -0.906. The first-order valence-electron chi connectivity index (χ1n) is 8.49. The minimum absolute atomic E-state index is 0.729. The Kier molecular flexibility index (Phi) is 6.65. The molecule has 0 atom stereocenters. The Labute approximate surface area is 140 Å². The molecular weight excluding hydrogens is 290 g/mol. The molecule has 2 rings (SSSR count). The summed E-state index contributed by atoms with van der Waals surface area (Å²) in [5, 5.41) is 7.34. The fraction of sp³-hybridized carbons (Fsp3) is 0.611. The number of quaternary nitrogens is 1. The molecule has 4 heteroatoms. The normalized spacial score (nSPS) is 21.4. The van der Waals surface area contributed by atoms with Crippen molar-refractivity contribution in [2.45, 2.75) is 40.0 Å². The molecule has 122 valence electrons. The third-order valence-electron chi connectivity index (χ3n) is 4.45. The van der Waals surface area contributed by atoms with Crippen LogP contribution in [0.1, 0.15) is 37.3 Å². The van der Waals surface area contributed by atoms with Crippen LogP contribution < -0.4 is 15.5 Å². The second kappa shape index (κ2) is 8.49. The van der Waals surface area contributed by atoms with Gasteiger partial charge in [0, 0.05) is 18.7 Å². The Morgan fingerprint density at radius 1 is 1.18 bits per heavy atom. The number of hydrogen-bond donors (Lipinski definition) is 3. The summed E-state index contributed by atoms with van der Waals surface area (Å²) in [4.78, 5) is 1.76. The lowest BCUT2D eigenvalue weighted by Crippen LogP contribution is -3.13. The van der Waals surface area contributed by atoms with Gasteiger partial charge < -0.3 is 15.5 Å². The predicted octanol–water partition coefficient (Wildman–Crippen LogP) is 2.29. The second-order valence-electron chi connectivity index (χ2n) is 6.79. The molecule has 0 amide bonds. The summed E-state index contributed by atoms with van der Waals surface area (Å²) in [6.45, 7) is 11.5. The lowest BCUT2D eigenvalue weighted by Gasteiger charge is -2.27. The monoisotopic (exact) mass is 320 g/mol. The Morgan fingerprint density at radius 2 is 1.82 bits per heavy atom. The van der Waals surface area contributed by atoms with Gasteiger partial charge in [0.25, 0.3) is 0 Å². The zero-order chi connectivity index (χ0) is 15.9. The maximum Gasteiger partial charge on any atom is 0.170 e. The number of thiocarbonyl (C=S) groups is 1. The fourth-order valence-electron chi connectivity index (χ4n) is 3.18. The van der Waals surface area contributed by atoms with Crippen LogP contribution in [0.4, 0.5) is 5.69 Å². The molecule has 1 aliphatic heterocycles. The number of benzene rings is 1. The summed E-state index contributed by atoms with van der Waals surface area (Å²) in [5.74, 6) is 0.927. The second-order valence-corrected chi connectivity index (χ2v) is 7.20. The van der Waals surface area contributed by atoms with Crippen molar-refractivity contribution in [3.05, 3.63) is 29.3 Å². The molecule has 0 aromatic heterocycles. The van der Waals surface area contributed by atoms with Gasteiger partial charge in [0.15, 0.2) is 5.11 Å². The van der Waals surface area contributed by atoms with Gasteiger partial charge in [-0.1, -0.05) is 13.0 Å². The van der Waals surface area contributed by atoms with E-state index < -0.39 is 0 Å². The molecule has 0 bridgehead atoms. The molecule has 1 aromatic rings. The number of hydrogen-bond acceptors (Lipinski definition) is 1. The maximum absolute atomic E-state index is 5.38. The van der Waals surface area contributed by atoms with E-state index in [1.165, 1.54) is 50.0 Å². The predicted molar refractivity (Wildman–Crippen MR) is 98.7 cm³/mol. The van der Waals surface area contributed by atoms with Gasteiger partial charge >= 0.3 is 0 Å². The number of anilines is 1. The van der Waals surface area contributed by atoms with Gasteiger partial charge in [-0.25, -0.2) is 0 Å². The van der Waals surface area contributed by atoms with Gasteiger partial charge in [0.05, 0.1) is 19.6 Å². The highest BCUT2D eigenvalue weighted by atomic mass is 32.1. The van der Waals surface area contributed by atoms with Crippen LogP contribution in [-0.2, 0) is 0 Å². The Morgan fingerprint density at radius 3 is 2.45 bits per heavy atom. The average molecular weight is 321 g/mol. The van der Waals surface area contributed by atoms with E-state index in [0.717, 1.165) is 23.3 Å². The molecule has 1 aromatic carbocycles. The van der Waals surface area contributed by atoms with E-state index in [1.54, 1.807) is 4.90 Å². The van der Waals surface area contributed by atoms with Gasteiger partial charge in [0.2, 0.25) is 0 Å². The van der Waals surface area contributed by atoms with Gasteiger partial charge in [-0.05, 0) is 68.1 Å². The fourth-order valence-corrected chi connectivity index (χ4v) is 3.40. The van der Waals surface area contributed by atoms with Gasteiger partial charge in [-0.3, -0.25) is 0 Å². The highest BCUT2D eigenvalue weighted by Gasteiger charge is 2.17. The third kappa shape index (κ3) is 5.93. The van der Waals surface area contributed by atoms with Crippen LogP contribution in [0.2, 0.25) is 0 Å². The van der Waals surface area contributed by atoms with Crippen LogP contribution in [0, 0.1) is 19.8 Å². The van der Waals surface area contributed by atoms with Crippen LogP contribution in [0.3, 0.4) is 0 Å². The summed E-state index contributed by atoms with van der Waals surface area (Å²) in [6, 6.07) is 6.42. The highest BCUT2D eigenvalue weighted by molar-refractivity contribution is 7.80. The first kappa shape index (κ1) is 17.2. The van der Waals surface area contributed by atoms with E-state index in [9.17, 15) is 0 Å². The number of piperidine rings is 1. The molecule has 0 radical (unpaired) electrons. The molecule has 22 heavy (non-hydrogen) atoms. The van der Waals surface area contributed by atoms with Gasteiger partial charge in [-0.2, -0.15) is 0 Å². The van der Waals surface area contributed by atoms with Crippen LogP contribution in [-0.4, -0.2) is 31.3 Å². The van der Waals surface area contributed by atoms with Crippen molar-refractivity contribution in [1.82, 2.24) is 5.32 Å². The number of aryl methyl sites for hydroxylation is 2. The van der Waals surface area contributed by atoms with E-state index in [2.05, 4.69) is 49.6 Å². The number of rotatable bonds is 5. The Hall–Kier alpha value is -1.13. The number of likely N-dealkylation sites (tertiary alicyclic amines) is 1. The molecule has 0 spiro atoms. The van der Waals surface area contributed by atoms with Gasteiger partial charge in [-0.15, -0.1) is 0 Å². The molecule has 1 fully saturated rings. The molecule has 3 nitrogen and oxygen atoms in total. The quantitative estimate of drug-likeness (QED) is 0.574. The van der Waals surface area contributed by atoms with Crippen molar-refractivity contribution in [3.8, 4) is 0 Å². The van der Waals surface area contributed by atoms with E-state index >= 15 is 0 Å². The molecular formula is C18H30N3S+. The zero-order valence-electron chi connectivity index (χ0n) is 14.2. The first-order chi connectivity index (χ1) is 10.5. The minimum atomic E-state index is 0.729. The van der Waals surface area contributed by atoms with E-state index in [1.807, 2.05) is 0 Å². The Bertz CT molecular complexity index is 473. The van der Waals surface area contributed by atoms with E-state index in [-0.39, 0.29) is 0 Å². The summed E-state index contributed by atoms with van der Waals surface area (Å²) in [5.41, 5.74) is 3.59. The van der Waals surface area contributed by atoms with Crippen molar-refractivity contribution in [3.63, 3.8) is 0 Å². The largest absolute Gasteiger partial charge is 0.362 e. The van der Waals surface area contributed by atoms with Crippen LogP contribution in [0.5, 0.6) is 0 Å². The van der Waals surface area contributed by atoms with Crippen molar-refractivity contribution in [2.24, 2.45) is 5.92 Å². The average Bonchev–Trinajstić information content (AvgIpc) is 2.44. The molecule has 1 aliphatic rings. The molecule has 3 N–H and O–H groups in total. The Balaban J connectivity index is 1.63. The van der Waals surface area contributed by atoms with E-state index in [4.69, 9.17) is 12.2 Å². The van der Waals surface area contributed by atoms with Crippen LogP contribution in [0.25, 0.3) is 0 Å². The maximum atomic E-state index is 5.38. The summed E-state index contributed by atoms with van der Waals surface area (Å²) >= 11 is 5.38. The summed E-state index contributed by atoms with van der Waals surface area (Å²) < 4.78 is 0. The smallest absolute Gasteiger partial charge is 0.170 e.